The van der Waals surface area contributed by atoms with Crippen molar-refractivity contribution in [1.82, 2.24) is 16.0 Å². The molecule has 1 heterocycles. The smallest absolute Gasteiger partial charge is 0.251 e. The average molecular weight is 472 g/mol. The number of nitrogens with one attached hydrogen (secondary N) is 3. The summed E-state index contributed by atoms with van der Waals surface area (Å²) in [7, 11) is 0. The van der Waals surface area contributed by atoms with E-state index in [2.05, 4.69) is 40.0 Å². The number of amides is 1. The van der Waals surface area contributed by atoms with E-state index >= 15 is 0 Å². The Labute approximate surface area is 170 Å². The van der Waals surface area contributed by atoms with Gasteiger partial charge in [-0.15, -0.1) is 35.3 Å². The summed E-state index contributed by atoms with van der Waals surface area (Å²) in [4.78, 5) is 19.0. The number of thiophene rings is 1. The van der Waals surface area contributed by atoms with Gasteiger partial charge in [-0.2, -0.15) is 0 Å². The standard InChI is InChI=1S/C18H24N4OS.HI/c1-3-19-18(22-13-16-10-9-14(2)24-16)21-12-11-20-17(23)15-7-5-4-6-8-15;/h4-10H,3,11-13H2,1-2H3,(H,20,23)(H2,19,21,22);1H. The van der Waals surface area contributed by atoms with E-state index in [-0.39, 0.29) is 29.9 Å². The molecule has 2 aromatic rings. The van der Waals surface area contributed by atoms with Gasteiger partial charge in [0.25, 0.3) is 5.91 Å². The molecule has 0 saturated heterocycles. The zero-order valence-corrected chi connectivity index (χ0v) is 17.7. The van der Waals surface area contributed by atoms with Crippen LogP contribution in [0.25, 0.3) is 0 Å². The molecule has 0 aliphatic carbocycles. The van der Waals surface area contributed by atoms with Crippen LogP contribution in [0.3, 0.4) is 0 Å². The fourth-order valence-corrected chi connectivity index (χ4v) is 2.93. The highest BCUT2D eigenvalue weighted by atomic mass is 127. The number of guanidine groups is 1. The summed E-state index contributed by atoms with van der Waals surface area (Å²) in [5.74, 6) is 0.700. The number of benzene rings is 1. The molecule has 0 aliphatic heterocycles. The van der Waals surface area contributed by atoms with Gasteiger partial charge in [0, 0.05) is 35.0 Å². The molecule has 0 unspecified atom stereocenters. The van der Waals surface area contributed by atoms with E-state index in [0.29, 0.717) is 25.2 Å². The first kappa shape index (κ1) is 21.4. The Hall–Kier alpha value is -1.61. The number of carbonyl (C=O) groups excluding carboxylic acids is 1. The Morgan fingerprint density at radius 3 is 2.40 bits per heavy atom. The Morgan fingerprint density at radius 2 is 1.76 bits per heavy atom. The van der Waals surface area contributed by atoms with Crippen molar-refractivity contribution in [3.63, 3.8) is 0 Å². The SMILES string of the molecule is CCNC(=NCc1ccc(C)s1)NCCNC(=O)c1ccccc1.I. The van der Waals surface area contributed by atoms with Gasteiger partial charge in [0.1, 0.15) is 0 Å². The maximum atomic E-state index is 11.9. The minimum Gasteiger partial charge on any atom is -0.357 e. The maximum absolute atomic E-state index is 11.9. The van der Waals surface area contributed by atoms with Crippen LogP contribution in [0.2, 0.25) is 0 Å². The van der Waals surface area contributed by atoms with Crippen molar-refractivity contribution < 1.29 is 4.79 Å². The lowest BCUT2D eigenvalue weighted by atomic mass is 10.2. The van der Waals surface area contributed by atoms with Crippen molar-refractivity contribution in [3.8, 4) is 0 Å². The molecule has 0 saturated carbocycles. The third kappa shape index (κ3) is 7.87. The summed E-state index contributed by atoms with van der Waals surface area (Å²) in [6.07, 6.45) is 0. The largest absolute Gasteiger partial charge is 0.357 e. The van der Waals surface area contributed by atoms with Crippen molar-refractivity contribution >= 4 is 47.2 Å². The predicted molar refractivity (Wildman–Crippen MR) is 116 cm³/mol. The Bertz CT molecular complexity index is 673. The zero-order chi connectivity index (χ0) is 17.2. The molecule has 0 fully saturated rings. The second-order valence-corrected chi connectivity index (χ2v) is 6.63. The highest BCUT2D eigenvalue weighted by molar-refractivity contribution is 14.0. The number of aryl methyl sites for hydroxylation is 1. The normalized spacial score (nSPS) is 10.7. The second kappa shape index (κ2) is 11.9. The van der Waals surface area contributed by atoms with Gasteiger partial charge in [-0.3, -0.25) is 4.79 Å². The van der Waals surface area contributed by atoms with Crippen LogP contribution >= 0.6 is 35.3 Å². The minimum absolute atomic E-state index is 0. The molecule has 1 aromatic carbocycles. The number of rotatable bonds is 7. The van der Waals surface area contributed by atoms with E-state index in [4.69, 9.17) is 0 Å². The van der Waals surface area contributed by atoms with Crippen LogP contribution in [0.4, 0.5) is 0 Å². The first-order valence-electron chi connectivity index (χ1n) is 8.09. The summed E-state index contributed by atoms with van der Waals surface area (Å²) >= 11 is 1.76. The van der Waals surface area contributed by atoms with E-state index in [1.165, 1.54) is 9.75 Å². The van der Waals surface area contributed by atoms with Crippen molar-refractivity contribution in [1.29, 1.82) is 0 Å². The van der Waals surface area contributed by atoms with Crippen molar-refractivity contribution in [2.75, 3.05) is 19.6 Å². The molecule has 0 bridgehead atoms. The molecule has 3 N–H and O–H groups in total. The molecular weight excluding hydrogens is 447 g/mol. The van der Waals surface area contributed by atoms with Gasteiger partial charge in [0.2, 0.25) is 0 Å². The van der Waals surface area contributed by atoms with Gasteiger partial charge in [-0.1, -0.05) is 18.2 Å². The minimum atomic E-state index is -0.0617. The van der Waals surface area contributed by atoms with E-state index in [1.54, 1.807) is 23.5 Å². The fraction of sp³-hybridized carbons (Fsp3) is 0.333. The van der Waals surface area contributed by atoms with Crippen LogP contribution in [-0.2, 0) is 6.54 Å². The van der Waals surface area contributed by atoms with E-state index in [9.17, 15) is 4.79 Å². The van der Waals surface area contributed by atoms with Crippen LogP contribution in [0.5, 0.6) is 0 Å². The van der Waals surface area contributed by atoms with Crippen LogP contribution in [0.15, 0.2) is 47.5 Å². The first-order chi connectivity index (χ1) is 11.7. The van der Waals surface area contributed by atoms with Gasteiger partial charge >= 0.3 is 0 Å². The molecule has 7 heteroatoms. The fourth-order valence-electron chi connectivity index (χ4n) is 2.12. The molecule has 0 spiro atoms. The first-order valence-corrected chi connectivity index (χ1v) is 8.91. The van der Waals surface area contributed by atoms with Crippen molar-refractivity contribution in [3.05, 3.63) is 57.8 Å². The molecule has 0 radical (unpaired) electrons. The molecule has 2 rings (SSSR count). The van der Waals surface area contributed by atoms with Crippen LogP contribution in [-0.4, -0.2) is 31.5 Å². The summed E-state index contributed by atoms with van der Waals surface area (Å²) in [5, 5.41) is 9.34. The van der Waals surface area contributed by atoms with Crippen LogP contribution in [0, 0.1) is 6.92 Å². The van der Waals surface area contributed by atoms with Crippen LogP contribution in [0.1, 0.15) is 27.0 Å². The molecular formula is C18H25IN4OS. The lowest BCUT2D eigenvalue weighted by molar-refractivity contribution is 0.0954. The molecule has 136 valence electrons. The third-order valence-electron chi connectivity index (χ3n) is 3.27. The number of hydrogen-bond acceptors (Lipinski definition) is 3. The Balaban J connectivity index is 0.00000312. The average Bonchev–Trinajstić information content (AvgIpc) is 3.02. The second-order valence-electron chi connectivity index (χ2n) is 5.26. The topological polar surface area (TPSA) is 65.5 Å². The number of aliphatic imine (C=N–C) groups is 1. The molecule has 25 heavy (non-hydrogen) atoms. The summed E-state index contributed by atoms with van der Waals surface area (Å²) in [6.45, 7) is 6.74. The summed E-state index contributed by atoms with van der Waals surface area (Å²) < 4.78 is 0. The van der Waals surface area contributed by atoms with Crippen molar-refractivity contribution in [2.45, 2.75) is 20.4 Å². The highest BCUT2D eigenvalue weighted by Gasteiger charge is 2.03. The van der Waals surface area contributed by atoms with Crippen molar-refractivity contribution in [2.24, 2.45) is 4.99 Å². The molecule has 1 amide bonds. The lowest BCUT2D eigenvalue weighted by Gasteiger charge is -2.11. The van der Waals surface area contributed by atoms with Gasteiger partial charge in [0.15, 0.2) is 5.96 Å². The van der Waals surface area contributed by atoms with Gasteiger partial charge in [-0.05, 0) is 38.1 Å². The van der Waals surface area contributed by atoms with E-state index in [1.807, 2.05) is 25.1 Å². The lowest BCUT2D eigenvalue weighted by Crippen LogP contribution is -2.41. The monoisotopic (exact) mass is 472 g/mol. The van der Waals surface area contributed by atoms with Gasteiger partial charge in [-0.25, -0.2) is 4.99 Å². The highest BCUT2D eigenvalue weighted by Crippen LogP contribution is 2.15. The van der Waals surface area contributed by atoms with Crippen LogP contribution < -0.4 is 16.0 Å². The molecule has 0 aliphatic rings. The maximum Gasteiger partial charge on any atom is 0.251 e. The molecule has 0 atom stereocenters. The molecule has 5 nitrogen and oxygen atoms in total. The zero-order valence-electron chi connectivity index (χ0n) is 14.5. The van der Waals surface area contributed by atoms with E-state index < -0.39 is 0 Å². The number of hydrogen-bond donors (Lipinski definition) is 3. The summed E-state index contributed by atoms with van der Waals surface area (Å²) in [5.41, 5.74) is 0.672. The third-order valence-corrected chi connectivity index (χ3v) is 4.26. The van der Waals surface area contributed by atoms with E-state index in [0.717, 1.165) is 12.5 Å². The number of carbonyl (C=O) groups is 1. The summed E-state index contributed by atoms with van der Waals surface area (Å²) in [6, 6.07) is 13.4. The predicted octanol–water partition coefficient (Wildman–Crippen LogP) is 3.16. The number of nitrogens with zero attached hydrogens (tertiary/aromatic N) is 1. The molecule has 1 aromatic heterocycles. The Kier molecular flexibility index (Phi) is 10.2. The van der Waals surface area contributed by atoms with Gasteiger partial charge in [0.05, 0.1) is 6.54 Å². The van der Waals surface area contributed by atoms with Gasteiger partial charge < -0.3 is 16.0 Å². The number of halogens is 1. The quantitative estimate of drug-likeness (QED) is 0.251. The Morgan fingerprint density at radius 1 is 1.04 bits per heavy atom.